The van der Waals surface area contributed by atoms with Crippen LogP contribution in [0.25, 0.3) is 10.2 Å². The van der Waals surface area contributed by atoms with Gasteiger partial charge in [0.25, 0.3) is 0 Å². The average Bonchev–Trinajstić information content (AvgIpc) is 2.85. The molecule has 0 saturated carbocycles. The highest BCUT2D eigenvalue weighted by Crippen LogP contribution is 2.18. The van der Waals surface area contributed by atoms with Gasteiger partial charge in [-0.25, -0.2) is 0 Å². The summed E-state index contributed by atoms with van der Waals surface area (Å²) in [5.41, 5.74) is 1.53. The smallest absolute Gasteiger partial charge is 0.305 e. The number of H-pyrrole nitrogens is 1. The lowest BCUT2D eigenvalue weighted by molar-refractivity contribution is 0.0959. The second-order valence-electron chi connectivity index (χ2n) is 5.30. The van der Waals surface area contributed by atoms with E-state index in [0.717, 1.165) is 41.2 Å². The van der Waals surface area contributed by atoms with Crippen LogP contribution in [0.4, 0.5) is 0 Å². The highest BCUT2D eigenvalue weighted by atomic mass is 32.1. The maximum Gasteiger partial charge on any atom is 0.305 e. The average molecular weight is 290 g/mol. The molecule has 0 spiro atoms. The topological polar surface area (TPSA) is 53.2 Å². The fraction of sp³-hybridized carbons (Fsp3) is 0.467. The predicted octanol–water partition coefficient (Wildman–Crippen LogP) is 2.65. The molecular weight excluding hydrogens is 272 g/mol. The monoisotopic (exact) mass is 290 g/mol. The zero-order valence-corrected chi connectivity index (χ0v) is 12.2. The van der Waals surface area contributed by atoms with Crippen molar-refractivity contribution >= 4 is 27.3 Å². The number of aromatic amines is 1. The number of benzene rings is 1. The van der Waals surface area contributed by atoms with E-state index in [2.05, 4.69) is 9.88 Å². The summed E-state index contributed by atoms with van der Waals surface area (Å²) in [7, 11) is 0. The summed E-state index contributed by atoms with van der Waals surface area (Å²) >= 11 is 1.16. The van der Waals surface area contributed by atoms with Crippen LogP contribution in [0.1, 0.15) is 36.0 Å². The minimum Gasteiger partial charge on any atom is -0.312 e. The SMILES string of the molecule is O=C(CCN1CCCCC1)c1ccc2[nH]c(=O)sc2c1. The zero-order chi connectivity index (χ0) is 13.9. The lowest BCUT2D eigenvalue weighted by Crippen LogP contribution is -2.31. The molecule has 0 atom stereocenters. The van der Waals surface area contributed by atoms with Gasteiger partial charge in [0.1, 0.15) is 0 Å². The number of hydrogen-bond donors (Lipinski definition) is 1. The predicted molar refractivity (Wildman–Crippen MR) is 81.7 cm³/mol. The van der Waals surface area contributed by atoms with Crippen molar-refractivity contribution in [2.75, 3.05) is 19.6 Å². The van der Waals surface area contributed by atoms with E-state index in [1.165, 1.54) is 19.3 Å². The number of carbonyl (C=O) groups excluding carboxylic acids is 1. The van der Waals surface area contributed by atoms with Gasteiger partial charge in [0.2, 0.25) is 0 Å². The summed E-state index contributed by atoms with van der Waals surface area (Å²) < 4.78 is 0.860. The summed E-state index contributed by atoms with van der Waals surface area (Å²) in [5.74, 6) is 0.165. The van der Waals surface area contributed by atoms with Crippen molar-refractivity contribution in [3.8, 4) is 0 Å². The number of carbonyl (C=O) groups is 1. The number of nitrogens with one attached hydrogen (secondary N) is 1. The van der Waals surface area contributed by atoms with E-state index < -0.39 is 0 Å². The van der Waals surface area contributed by atoms with Crippen LogP contribution in [-0.2, 0) is 0 Å². The number of Topliss-reactive ketones (excluding diaryl/α,β-unsaturated/α-hetero) is 1. The molecule has 1 saturated heterocycles. The standard InChI is InChI=1S/C15H18N2O2S/c18-13(6-9-17-7-2-1-3-8-17)11-4-5-12-14(10-11)20-15(19)16-12/h4-5,10H,1-3,6-9H2,(H,16,19). The van der Waals surface area contributed by atoms with Gasteiger partial charge in [0, 0.05) is 18.5 Å². The van der Waals surface area contributed by atoms with Crippen LogP contribution in [0, 0.1) is 0 Å². The third-order valence-electron chi connectivity index (χ3n) is 3.85. The Morgan fingerprint density at radius 2 is 2.05 bits per heavy atom. The Balaban J connectivity index is 1.66. The molecule has 0 bridgehead atoms. The number of aromatic nitrogens is 1. The molecule has 0 amide bonds. The Labute approximate surface area is 121 Å². The second kappa shape index (κ2) is 5.89. The number of hydrogen-bond acceptors (Lipinski definition) is 4. The fourth-order valence-electron chi connectivity index (χ4n) is 2.71. The Kier molecular flexibility index (Phi) is 3.98. The summed E-state index contributed by atoms with van der Waals surface area (Å²) in [6.07, 6.45) is 4.37. The van der Waals surface area contributed by atoms with E-state index in [1.54, 1.807) is 0 Å². The Bertz CT molecular complexity index is 668. The first-order valence-corrected chi connectivity index (χ1v) is 7.92. The van der Waals surface area contributed by atoms with Crippen molar-refractivity contribution in [2.45, 2.75) is 25.7 Å². The van der Waals surface area contributed by atoms with E-state index in [4.69, 9.17) is 0 Å². The van der Waals surface area contributed by atoms with Gasteiger partial charge in [-0.1, -0.05) is 17.8 Å². The van der Waals surface area contributed by atoms with Crippen LogP contribution in [0.3, 0.4) is 0 Å². The zero-order valence-electron chi connectivity index (χ0n) is 11.4. The molecule has 1 N–H and O–H groups in total. The quantitative estimate of drug-likeness (QED) is 0.881. The van der Waals surface area contributed by atoms with Gasteiger partial charge < -0.3 is 9.88 Å². The van der Waals surface area contributed by atoms with Crippen molar-refractivity contribution in [1.82, 2.24) is 9.88 Å². The number of rotatable bonds is 4. The van der Waals surface area contributed by atoms with Crippen molar-refractivity contribution in [3.05, 3.63) is 33.4 Å². The molecule has 1 fully saturated rings. The molecule has 2 aromatic rings. The number of fused-ring (bicyclic) bond motifs is 1. The first kappa shape index (κ1) is 13.5. The van der Waals surface area contributed by atoms with E-state index in [1.807, 2.05) is 18.2 Å². The number of piperidine rings is 1. The van der Waals surface area contributed by atoms with Crippen LogP contribution in [0.2, 0.25) is 0 Å². The van der Waals surface area contributed by atoms with Crippen molar-refractivity contribution in [3.63, 3.8) is 0 Å². The van der Waals surface area contributed by atoms with Gasteiger partial charge in [-0.3, -0.25) is 9.59 Å². The Morgan fingerprint density at radius 3 is 2.85 bits per heavy atom. The molecule has 5 heteroatoms. The minimum absolute atomic E-state index is 0.0714. The first-order chi connectivity index (χ1) is 9.72. The van der Waals surface area contributed by atoms with Gasteiger partial charge in [-0.05, 0) is 44.1 Å². The first-order valence-electron chi connectivity index (χ1n) is 7.11. The molecule has 0 aliphatic carbocycles. The number of ketones is 1. The summed E-state index contributed by atoms with van der Waals surface area (Å²) in [5, 5.41) is 0. The molecule has 1 aromatic heterocycles. The summed E-state index contributed by atoms with van der Waals surface area (Å²) in [6.45, 7) is 3.08. The van der Waals surface area contributed by atoms with E-state index in [9.17, 15) is 9.59 Å². The molecule has 1 aromatic carbocycles. The minimum atomic E-state index is -0.0714. The van der Waals surface area contributed by atoms with E-state index in [0.29, 0.717) is 12.0 Å². The Hall–Kier alpha value is -1.46. The molecule has 4 nitrogen and oxygen atoms in total. The third kappa shape index (κ3) is 2.99. The molecular formula is C15H18N2O2S. The van der Waals surface area contributed by atoms with Crippen LogP contribution < -0.4 is 4.87 Å². The summed E-state index contributed by atoms with van der Waals surface area (Å²) in [4.78, 5) is 28.6. The van der Waals surface area contributed by atoms with E-state index in [-0.39, 0.29) is 10.7 Å². The second-order valence-corrected chi connectivity index (χ2v) is 6.32. The van der Waals surface area contributed by atoms with Gasteiger partial charge in [0.05, 0.1) is 10.2 Å². The molecule has 0 unspecified atom stereocenters. The Morgan fingerprint density at radius 1 is 1.25 bits per heavy atom. The van der Waals surface area contributed by atoms with Crippen molar-refractivity contribution < 1.29 is 4.79 Å². The molecule has 2 heterocycles. The molecule has 20 heavy (non-hydrogen) atoms. The largest absolute Gasteiger partial charge is 0.312 e. The molecule has 106 valence electrons. The molecule has 3 rings (SSSR count). The van der Waals surface area contributed by atoms with Gasteiger partial charge in [-0.2, -0.15) is 0 Å². The van der Waals surface area contributed by atoms with Crippen molar-refractivity contribution in [1.29, 1.82) is 0 Å². The van der Waals surface area contributed by atoms with Gasteiger partial charge in [0.15, 0.2) is 5.78 Å². The highest BCUT2D eigenvalue weighted by Gasteiger charge is 2.13. The lowest BCUT2D eigenvalue weighted by atomic mass is 10.1. The number of likely N-dealkylation sites (tertiary alicyclic amines) is 1. The van der Waals surface area contributed by atoms with E-state index >= 15 is 0 Å². The lowest BCUT2D eigenvalue weighted by Gasteiger charge is -2.25. The highest BCUT2D eigenvalue weighted by molar-refractivity contribution is 7.16. The van der Waals surface area contributed by atoms with Crippen LogP contribution in [0.15, 0.2) is 23.0 Å². The van der Waals surface area contributed by atoms with Crippen LogP contribution >= 0.6 is 11.3 Å². The maximum absolute atomic E-state index is 12.2. The number of thiazole rings is 1. The summed E-state index contributed by atoms with van der Waals surface area (Å²) in [6, 6.07) is 5.46. The molecule has 1 aliphatic rings. The van der Waals surface area contributed by atoms with Gasteiger partial charge in [-0.15, -0.1) is 0 Å². The molecule has 1 aliphatic heterocycles. The maximum atomic E-state index is 12.2. The normalized spacial score (nSPS) is 16.6. The molecule has 0 radical (unpaired) electrons. The van der Waals surface area contributed by atoms with Crippen LogP contribution in [-0.4, -0.2) is 35.3 Å². The van der Waals surface area contributed by atoms with Crippen molar-refractivity contribution in [2.24, 2.45) is 0 Å². The fourth-order valence-corrected chi connectivity index (χ4v) is 3.48. The van der Waals surface area contributed by atoms with Crippen LogP contribution in [0.5, 0.6) is 0 Å². The number of nitrogens with zero attached hydrogens (tertiary/aromatic N) is 1. The van der Waals surface area contributed by atoms with Gasteiger partial charge >= 0.3 is 4.87 Å². The third-order valence-corrected chi connectivity index (χ3v) is 4.69.